The van der Waals surface area contributed by atoms with Gasteiger partial charge in [-0.1, -0.05) is 6.92 Å². The molecular weight excluding hydrogens is 421 g/mol. The number of H-pyrrole nitrogens is 1. The van der Waals surface area contributed by atoms with Gasteiger partial charge in [0.15, 0.2) is 0 Å². The van der Waals surface area contributed by atoms with Gasteiger partial charge < -0.3 is 20.1 Å². The Labute approximate surface area is 194 Å². The lowest BCUT2D eigenvalue weighted by Gasteiger charge is -2.37. The van der Waals surface area contributed by atoms with Crippen LogP contribution in [0.2, 0.25) is 0 Å². The van der Waals surface area contributed by atoms with Gasteiger partial charge in [-0.25, -0.2) is 4.39 Å². The van der Waals surface area contributed by atoms with Crippen molar-refractivity contribution in [2.75, 3.05) is 37.6 Å². The molecular formula is C25H32FN5O2. The number of benzene rings is 1. The summed E-state index contributed by atoms with van der Waals surface area (Å²) in [5.74, 6) is -0.498. The molecule has 1 aliphatic heterocycles. The number of aromatic amines is 1. The van der Waals surface area contributed by atoms with Crippen molar-refractivity contribution in [2.24, 2.45) is 0 Å². The summed E-state index contributed by atoms with van der Waals surface area (Å²) in [7, 11) is 0. The smallest absolute Gasteiger partial charge is 0.266 e. The van der Waals surface area contributed by atoms with E-state index < -0.39 is 5.56 Å². The molecule has 1 aromatic carbocycles. The number of amides is 1. The first-order chi connectivity index (χ1) is 15.7. The van der Waals surface area contributed by atoms with Crippen LogP contribution in [0.1, 0.15) is 54.3 Å². The van der Waals surface area contributed by atoms with Crippen molar-refractivity contribution in [3.05, 3.63) is 62.3 Å². The van der Waals surface area contributed by atoms with Crippen molar-refractivity contribution in [3.8, 4) is 6.07 Å². The number of likely N-dealkylation sites (N-methyl/N-ethyl adjacent to an activating group) is 1. The van der Waals surface area contributed by atoms with Crippen LogP contribution in [0.15, 0.2) is 23.0 Å². The fraction of sp³-hybridized carbons (Fsp3) is 0.480. The second-order valence-corrected chi connectivity index (χ2v) is 8.58. The van der Waals surface area contributed by atoms with Crippen molar-refractivity contribution in [2.45, 2.75) is 46.6 Å². The first-order valence-corrected chi connectivity index (χ1v) is 11.4. The molecule has 1 saturated heterocycles. The maximum atomic E-state index is 14.1. The van der Waals surface area contributed by atoms with Crippen LogP contribution in [0.3, 0.4) is 0 Å². The number of aryl methyl sites for hydroxylation is 1. The molecule has 1 aromatic heterocycles. The SMILES string of the molecule is CCN1CCN(c2ccc(F)cc2C(C)NC(=O)CCc2c(C)[nH]c(=O)c(C#N)c2C)CC1. The van der Waals surface area contributed by atoms with Gasteiger partial charge in [-0.15, -0.1) is 0 Å². The van der Waals surface area contributed by atoms with Crippen molar-refractivity contribution in [3.63, 3.8) is 0 Å². The third kappa shape index (κ3) is 5.60. The molecule has 1 aliphatic rings. The molecule has 7 nitrogen and oxygen atoms in total. The van der Waals surface area contributed by atoms with Crippen molar-refractivity contribution < 1.29 is 9.18 Å². The maximum absolute atomic E-state index is 14.1. The fourth-order valence-corrected chi connectivity index (χ4v) is 4.52. The number of rotatable bonds is 7. The molecule has 1 amide bonds. The van der Waals surface area contributed by atoms with Gasteiger partial charge in [0, 0.05) is 49.5 Å². The number of anilines is 1. The summed E-state index contributed by atoms with van der Waals surface area (Å²) in [5, 5.41) is 12.2. The Kier molecular flexibility index (Phi) is 7.88. The standard InChI is InChI=1S/C25H32FN5O2/c1-5-30-10-12-31(13-11-30)23-8-6-19(26)14-21(23)18(4)28-24(32)9-7-20-16(2)22(15-27)25(33)29-17(20)3/h6,8,14,18H,5,7,9-13H2,1-4H3,(H,28,32)(H,29,33). The molecule has 2 N–H and O–H groups in total. The number of halogens is 1. The molecule has 2 heterocycles. The molecule has 1 fully saturated rings. The first kappa shape index (κ1) is 24.5. The minimum Gasteiger partial charge on any atom is -0.369 e. The highest BCUT2D eigenvalue weighted by Gasteiger charge is 2.22. The highest BCUT2D eigenvalue weighted by Crippen LogP contribution is 2.28. The molecule has 33 heavy (non-hydrogen) atoms. The van der Waals surface area contributed by atoms with Crippen LogP contribution >= 0.6 is 0 Å². The Morgan fingerprint density at radius 3 is 2.61 bits per heavy atom. The topological polar surface area (TPSA) is 92.2 Å². The zero-order chi connectivity index (χ0) is 24.1. The van der Waals surface area contributed by atoms with E-state index in [1.54, 1.807) is 19.9 Å². The number of carbonyl (C=O) groups excluding carboxylic acids is 1. The normalized spacial score (nSPS) is 15.2. The molecule has 0 aliphatic carbocycles. The number of nitrogens with zero attached hydrogens (tertiary/aromatic N) is 3. The Morgan fingerprint density at radius 1 is 1.27 bits per heavy atom. The van der Waals surface area contributed by atoms with Crippen LogP contribution in [-0.2, 0) is 11.2 Å². The zero-order valence-corrected chi connectivity index (χ0v) is 19.8. The van der Waals surface area contributed by atoms with E-state index >= 15 is 0 Å². The number of nitriles is 1. The Balaban J connectivity index is 1.70. The van der Waals surface area contributed by atoms with Crippen LogP contribution in [0, 0.1) is 31.0 Å². The van der Waals surface area contributed by atoms with Gasteiger partial charge in [0.25, 0.3) is 5.56 Å². The van der Waals surface area contributed by atoms with Gasteiger partial charge in [0.1, 0.15) is 17.4 Å². The predicted octanol–water partition coefficient (Wildman–Crippen LogP) is 2.95. The molecule has 0 bridgehead atoms. The third-order valence-corrected chi connectivity index (χ3v) is 6.52. The summed E-state index contributed by atoms with van der Waals surface area (Å²) in [4.78, 5) is 32.0. The quantitative estimate of drug-likeness (QED) is 0.673. The number of hydrogen-bond donors (Lipinski definition) is 2. The first-order valence-electron chi connectivity index (χ1n) is 11.4. The Morgan fingerprint density at radius 2 is 1.97 bits per heavy atom. The molecule has 2 aromatic rings. The Bertz CT molecular complexity index is 1110. The van der Waals surface area contributed by atoms with Gasteiger partial charge in [0.2, 0.25) is 5.91 Å². The summed E-state index contributed by atoms with van der Waals surface area (Å²) in [6.07, 6.45) is 0.597. The maximum Gasteiger partial charge on any atom is 0.266 e. The minimum absolute atomic E-state index is 0.0805. The monoisotopic (exact) mass is 453 g/mol. The molecule has 0 spiro atoms. The van der Waals surface area contributed by atoms with E-state index in [1.807, 2.05) is 13.0 Å². The van der Waals surface area contributed by atoms with Gasteiger partial charge in [-0.05, 0) is 63.1 Å². The average molecular weight is 454 g/mol. The second kappa shape index (κ2) is 10.6. The molecule has 1 unspecified atom stereocenters. The lowest BCUT2D eigenvalue weighted by atomic mass is 9.98. The second-order valence-electron chi connectivity index (χ2n) is 8.58. The Hall–Kier alpha value is -3.18. The lowest BCUT2D eigenvalue weighted by Crippen LogP contribution is -2.46. The van der Waals surface area contributed by atoms with E-state index in [-0.39, 0.29) is 29.8 Å². The molecule has 8 heteroatoms. The average Bonchev–Trinajstić information content (AvgIpc) is 2.79. The van der Waals surface area contributed by atoms with Crippen molar-refractivity contribution in [1.82, 2.24) is 15.2 Å². The van der Waals surface area contributed by atoms with Crippen LogP contribution in [0.5, 0.6) is 0 Å². The summed E-state index contributed by atoms with van der Waals surface area (Å²) >= 11 is 0. The number of nitrogens with one attached hydrogen (secondary N) is 2. The molecule has 3 rings (SSSR count). The zero-order valence-electron chi connectivity index (χ0n) is 19.8. The molecule has 1 atom stereocenters. The van der Waals surface area contributed by atoms with Crippen molar-refractivity contribution >= 4 is 11.6 Å². The van der Waals surface area contributed by atoms with Crippen LogP contribution in [0.4, 0.5) is 10.1 Å². The van der Waals surface area contributed by atoms with Crippen LogP contribution in [0.25, 0.3) is 0 Å². The van der Waals surface area contributed by atoms with E-state index in [2.05, 4.69) is 27.0 Å². The lowest BCUT2D eigenvalue weighted by molar-refractivity contribution is -0.121. The summed E-state index contributed by atoms with van der Waals surface area (Å²) in [6, 6.07) is 6.34. The highest BCUT2D eigenvalue weighted by atomic mass is 19.1. The number of carbonyl (C=O) groups is 1. The number of piperazine rings is 1. The van der Waals surface area contributed by atoms with Crippen LogP contribution in [-0.4, -0.2) is 48.5 Å². The molecule has 176 valence electrons. The van der Waals surface area contributed by atoms with E-state index in [4.69, 9.17) is 0 Å². The van der Waals surface area contributed by atoms with Gasteiger partial charge in [0.05, 0.1) is 6.04 Å². The largest absolute Gasteiger partial charge is 0.369 e. The summed E-state index contributed by atoms with van der Waals surface area (Å²) in [6.45, 7) is 12.2. The summed E-state index contributed by atoms with van der Waals surface area (Å²) < 4.78 is 14.1. The van der Waals surface area contributed by atoms with E-state index in [9.17, 15) is 19.2 Å². The van der Waals surface area contributed by atoms with Gasteiger partial charge in [-0.2, -0.15) is 5.26 Å². The van der Waals surface area contributed by atoms with E-state index in [0.29, 0.717) is 17.7 Å². The van der Waals surface area contributed by atoms with Crippen molar-refractivity contribution in [1.29, 1.82) is 5.26 Å². The molecule has 0 radical (unpaired) electrons. The predicted molar refractivity (Wildman–Crippen MR) is 127 cm³/mol. The van der Waals surface area contributed by atoms with Gasteiger partial charge in [-0.3, -0.25) is 9.59 Å². The van der Waals surface area contributed by atoms with Crippen LogP contribution < -0.4 is 15.8 Å². The highest BCUT2D eigenvalue weighted by molar-refractivity contribution is 5.77. The minimum atomic E-state index is -0.410. The summed E-state index contributed by atoms with van der Waals surface area (Å²) in [5.41, 5.74) is 3.45. The molecule has 0 saturated carbocycles. The third-order valence-electron chi connectivity index (χ3n) is 6.52. The number of aromatic nitrogens is 1. The van der Waals surface area contributed by atoms with E-state index in [0.717, 1.165) is 49.5 Å². The van der Waals surface area contributed by atoms with Gasteiger partial charge >= 0.3 is 0 Å². The fourth-order valence-electron chi connectivity index (χ4n) is 4.52. The van der Waals surface area contributed by atoms with E-state index in [1.165, 1.54) is 12.1 Å². The number of hydrogen-bond acceptors (Lipinski definition) is 5. The number of pyridine rings is 1.